The van der Waals surface area contributed by atoms with Crippen LogP contribution in [0.15, 0.2) is 23.2 Å². The first-order valence-electron chi connectivity index (χ1n) is 9.48. The van der Waals surface area contributed by atoms with Gasteiger partial charge in [0.2, 0.25) is 5.91 Å². The van der Waals surface area contributed by atoms with Gasteiger partial charge in [0.15, 0.2) is 5.96 Å². The Morgan fingerprint density at radius 1 is 1.39 bits per heavy atom. The second-order valence-corrected chi connectivity index (χ2v) is 8.24. The van der Waals surface area contributed by atoms with Crippen molar-refractivity contribution in [1.29, 1.82) is 0 Å². The zero-order chi connectivity index (χ0) is 20.7. The molecule has 0 radical (unpaired) electrons. The molecule has 2 rings (SSSR count). The first-order chi connectivity index (χ1) is 13.2. The molecule has 1 aliphatic rings. The van der Waals surface area contributed by atoms with Crippen LogP contribution < -0.4 is 10.6 Å². The molecule has 1 aromatic carbocycles. The number of nitrogens with one attached hydrogen (secondary N) is 2. The third-order valence-electron chi connectivity index (χ3n) is 4.75. The van der Waals surface area contributed by atoms with Crippen LogP contribution in [0.1, 0.15) is 32.3 Å². The Kier molecular flexibility index (Phi) is 8.07. The van der Waals surface area contributed by atoms with Gasteiger partial charge in [-0.05, 0) is 30.5 Å². The number of ether oxygens (including phenoxy) is 1. The minimum Gasteiger partial charge on any atom is -0.376 e. The summed E-state index contributed by atoms with van der Waals surface area (Å²) in [5.41, 5.74) is 0.466. The van der Waals surface area contributed by atoms with Gasteiger partial charge in [0.1, 0.15) is 12.4 Å². The molecule has 6 nitrogen and oxygen atoms in total. The van der Waals surface area contributed by atoms with Crippen molar-refractivity contribution in [3.63, 3.8) is 0 Å². The van der Waals surface area contributed by atoms with Gasteiger partial charge < -0.3 is 20.3 Å². The summed E-state index contributed by atoms with van der Waals surface area (Å²) in [6.07, 6.45) is 2.21. The van der Waals surface area contributed by atoms with E-state index in [1.54, 1.807) is 20.2 Å². The second-order valence-electron chi connectivity index (χ2n) is 7.83. The van der Waals surface area contributed by atoms with Crippen LogP contribution in [-0.2, 0) is 14.9 Å². The number of nitrogens with zero attached hydrogens (tertiary/aromatic N) is 2. The number of halogens is 2. The van der Waals surface area contributed by atoms with E-state index in [0.29, 0.717) is 24.1 Å². The van der Waals surface area contributed by atoms with E-state index in [1.807, 2.05) is 13.8 Å². The highest BCUT2D eigenvalue weighted by Gasteiger charge is 2.24. The van der Waals surface area contributed by atoms with Gasteiger partial charge in [-0.25, -0.2) is 9.38 Å². The average Bonchev–Trinajstić information content (AvgIpc) is 3.13. The SMILES string of the molecule is CN(C)C(=O)CN=C(NCC1CCCO1)NCC(C)(C)c1ccc(F)cc1Cl. The number of carbonyl (C=O) groups excluding carboxylic acids is 1. The van der Waals surface area contributed by atoms with Crippen molar-refractivity contribution < 1.29 is 13.9 Å². The number of likely N-dealkylation sites (N-methyl/N-ethyl adjacent to an activating group) is 1. The Morgan fingerprint density at radius 2 is 2.14 bits per heavy atom. The molecule has 156 valence electrons. The third-order valence-corrected chi connectivity index (χ3v) is 5.06. The van der Waals surface area contributed by atoms with Gasteiger partial charge in [-0.1, -0.05) is 31.5 Å². The highest BCUT2D eigenvalue weighted by atomic mass is 35.5. The predicted octanol–water partition coefficient (Wildman–Crippen LogP) is 2.56. The summed E-state index contributed by atoms with van der Waals surface area (Å²) < 4.78 is 19.0. The molecule has 1 atom stereocenters. The fourth-order valence-electron chi connectivity index (χ4n) is 2.92. The molecule has 2 N–H and O–H groups in total. The van der Waals surface area contributed by atoms with Gasteiger partial charge >= 0.3 is 0 Å². The maximum absolute atomic E-state index is 13.4. The first kappa shape index (κ1) is 22.4. The highest BCUT2D eigenvalue weighted by molar-refractivity contribution is 6.31. The fraction of sp³-hybridized carbons (Fsp3) is 0.600. The Labute approximate surface area is 171 Å². The zero-order valence-electron chi connectivity index (χ0n) is 17.0. The van der Waals surface area contributed by atoms with Crippen molar-refractivity contribution >= 4 is 23.5 Å². The standard InChI is InChI=1S/C20H30ClFN4O2/c1-20(2,16-8-7-14(22)10-17(16)21)13-25-19(24-12-18(27)26(3)4)23-11-15-6-5-9-28-15/h7-8,10,15H,5-6,9,11-13H2,1-4H3,(H2,23,24,25). The number of amides is 1. The van der Waals surface area contributed by atoms with E-state index in [-0.39, 0.29) is 29.8 Å². The van der Waals surface area contributed by atoms with Crippen LogP contribution in [0.5, 0.6) is 0 Å². The maximum atomic E-state index is 13.4. The van der Waals surface area contributed by atoms with E-state index in [9.17, 15) is 9.18 Å². The first-order valence-corrected chi connectivity index (χ1v) is 9.86. The molecule has 0 aromatic heterocycles. The quantitative estimate of drug-likeness (QED) is 0.533. The number of carbonyl (C=O) groups is 1. The molecule has 1 fully saturated rings. The van der Waals surface area contributed by atoms with Crippen LogP contribution in [0.2, 0.25) is 5.02 Å². The lowest BCUT2D eigenvalue weighted by Crippen LogP contribution is -2.46. The third kappa shape index (κ3) is 6.63. The number of hydrogen-bond acceptors (Lipinski definition) is 3. The lowest BCUT2D eigenvalue weighted by molar-refractivity contribution is -0.127. The van der Waals surface area contributed by atoms with Crippen molar-refractivity contribution in [3.05, 3.63) is 34.6 Å². The summed E-state index contributed by atoms with van der Waals surface area (Å²) in [4.78, 5) is 17.8. The molecular weight excluding hydrogens is 383 g/mol. The smallest absolute Gasteiger partial charge is 0.243 e. The Balaban J connectivity index is 2.04. The molecular formula is C20H30ClFN4O2. The number of aliphatic imine (C=N–C) groups is 1. The number of hydrogen-bond donors (Lipinski definition) is 2. The molecule has 1 saturated heterocycles. The molecule has 1 heterocycles. The van der Waals surface area contributed by atoms with Crippen LogP contribution in [0, 0.1) is 5.82 Å². The summed E-state index contributed by atoms with van der Waals surface area (Å²) in [5, 5.41) is 6.92. The van der Waals surface area contributed by atoms with Crippen molar-refractivity contribution in [2.45, 2.75) is 38.2 Å². The summed E-state index contributed by atoms with van der Waals surface area (Å²) in [6.45, 7) is 5.99. The van der Waals surface area contributed by atoms with Crippen LogP contribution >= 0.6 is 11.6 Å². The largest absolute Gasteiger partial charge is 0.376 e. The Morgan fingerprint density at radius 3 is 2.75 bits per heavy atom. The predicted molar refractivity (Wildman–Crippen MR) is 110 cm³/mol. The lowest BCUT2D eigenvalue weighted by atomic mass is 9.84. The van der Waals surface area contributed by atoms with E-state index >= 15 is 0 Å². The minimum absolute atomic E-state index is 0.0472. The number of benzene rings is 1. The number of guanidine groups is 1. The molecule has 1 unspecified atom stereocenters. The molecule has 0 spiro atoms. The molecule has 8 heteroatoms. The second kappa shape index (κ2) is 10.1. The monoisotopic (exact) mass is 412 g/mol. The molecule has 0 bridgehead atoms. The van der Waals surface area contributed by atoms with Crippen molar-refractivity contribution in [2.24, 2.45) is 4.99 Å². The van der Waals surface area contributed by atoms with E-state index in [1.165, 1.54) is 17.0 Å². The van der Waals surface area contributed by atoms with Crippen LogP contribution in [-0.4, -0.2) is 63.2 Å². The van der Waals surface area contributed by atoms with Gasteiger partial charge in [-0.3, -0.25) is 4.79 Å². The molecule has 1 aliphatic heterocycles. The summed E-state index contributed by atoms with van der Waals surface area (Å²) in [6, 6.07) is 4.42. The van der Waals surface area contributed by atoms with Crippen molar-refractivity contribution in [1.82, 2.24) is 15.5 Å². The number of rotatable bonds is 7. The van der Waals surface area contributed by atoms with E-state index in [4.69, 9.17) is 16.3 Å². The topological polar surface area (TPSA) is 66.0 Å². The molecule has 0 saturated carbocycles. The van der Waals surface area contributed by atoms with Gasteiger partial charge in [0.25, 0.3) is 0 Å². The maximum Gasteiger partial charge on any atom is 0.243 e. The Hall–Kier alpha value is -1.86. The van der Waals surface area contributed by atoms with E-state index in [0.717, 1.165) is 25.0 Å². The summed E-state index contributed by atoms with van der Waals surface area (Å²) in [5.74, 6) is 0.0938. The molecule has 0 aliphatic carbocycles. The zero-order valence-corrected chi connectivity index (χ0v) is 17.8. The van der Waals surface area contributed by atoms with Crippen LogP contribution in [0.4, 0.5) is 4.39 Å². The lowest BCUT2D eigenvalue weighted by Gasteiger charge is -2.28. The Bertz CT molecular complexity index is 703. The van der Waals surface area contributed by atoms with Crippen LogP contribution in [0.25, 0.3) is 0 Å². The highest BCUT2D eigenvalue weighted by Crippen LogP contribution is 2.29. The van der Waals surface area contributed by atoms with Crippen LogP contribution in [0.3, 0.4) is 0 Å². The fourth-order valence-corrected chi connectivity index (χ4v) is 3.34. The van der Waals surface area contributed by atoms with Gasteiger partial charge in [-0.2, -0.15) is 0 Å². The van der Waals surface area contributed by atoms with E-state index < -0.39 is 0 Å². The van der Waals surface area contributed by atoms with Gasteiger partial charge in [-0.15, -0.1) is 0 Å². The van der Waals surface area contributed by atoms with Gasteiger partial charge in [0.05, 0.1) is 6.10 Å². The summed E-state index contributed by atoms with van der Waals surface area (Å²) in [7, 11) is 3.40. The minimum atomic E-state index is -0.372. The normalized spacial score (nSPS) is 17.5. The summed E-state index contributed by atoms with van der Waals surface area (Å²) >= 11 is 6.23. The molecule has 1 amide bonds. The average molecular weight is 413 g/mol. The van der Waals surface area contributed by atoms with E-state index in [2.05, 4.69) is 15.6 Å². The van der Waals surface area contributed by atoms with Crippen molar-refractivity contribution in [3.8, 4) is 0 Å². The van der Waals surface area contributed by atoms with Gasteiger partial charge in [0, 0.05) is 44.2 Å². The van der Waals surface area contributed by atoms with Crippen molar-refractivity contribution in [2.75, 3.05) is 40.3 Å². The molecule has 28 heavy (non-hydrogen) atoms. The molecule has 1 aromatic rings.